The van der Waals surface area contributed by atoms with Gasteiger partial charge in [0.1, 0.15) is 3.70 Å². The van der Waals surface area contributed by atoms with Gasteiger partial charge in [-0.05, 0) is 60.9 Å². The van der Waals surface area contributed by atoms with Crippen molar-refractivity contribution in [2.24, 2.45) is 0 Å². The van der Waals surface area contributed by atoms with Gasteiger partial charge in [-0.15, -0.1) is 0 Å². The minimum Gasteiger partial charge on any atom is -0.390 e. The van der Waals surface area contributed by atoms with Crippen LogP contribution in [0.3, 0.4) is 0 Å². The van der Waals surface area contributed by atoms with E-state index >= 15 is 0 Å². The highest BCUT2D eigenvalue weighted by atomic mass is 127. The highest BCUT2D eigenvalue weighted by Gasteiger charge is 2.11. The molecule has 0 fully saturated rings. The second-order valence-corrected chi connectivity index (χ2v) is 4.91. The van der Waals surface area contributed by atoms with E-state index in [1.165, 1.54) is 5.56 Å². The van der Waals surface area contributed by atoms with Crippen LogP contribution in [-0.4, -0.2) is 15.7 Å². The van der Waals surface area contributed by atoms with Gasteiger partial charge in [0.25, 0.3) is 0 Å². The van der Waals surface area contributed by atoms with Gasteiger partial charge in [-0.2, -0.15) is 0 Å². The maximum Gasteiger partial charge on any atom is 0.101 e. The number of hydrogen-bond acceptors (Lipinski definition) is 2. The lowest BCUT2D eigenvalue weighted by molar-refractivity contribution is 0.0714. The number of rotatable bonds is 3. The number of halogens is 1. The van der Waals surface area contributed by atoms with Crippen molar-refractivity contribution in [2.45, 2.75) is 32.3 Å². The molecule has 3 heteroatoms. The first-order valence-electron chi connectivity index (χ1n) is 4.30. The molecule has 1 rings (SSSR count). The number of nitrogens with zero attached hydrogens (tertiary/aromatic N) is 1. The molecule has 1 heterocycles. The summed E-state index contributed by atoms with van der Waals surface area (Å²) in [4.78, 5) is 4.18. The summed E-state index contributed by atoms with van der Waals surface area (Å²) < 4.78 is 1.00. The maximum atomic E-state index is 9.51. The summed E-state index contributed by atoms with van der Waals surface area (Å²) in [6.07, 6.45) is 3.52. The molecule has 0 atom stereocenters. The van der Waals surface area contributed by atoms with Crippen molar-refractivity contribution in [3.8, 4) is 0 Å². The lowest BCUT2D eigenvalue weighted by Gasteiger charge is -2.16. The van der Waals surface area contributed by atoms with Crippen molar-refractivity contribution in [3.05, 3.63) is 27.6 Å². The molecule has 0 amide bonds. The van der Waals surface area contributed by atoms with Crippen LogP contribution in [0.15, 0.2) is 18.3 Å². The standard InChI is InChI=1S/C10H14INO/c1-10(2,13)6-5-8-3-4-9(11)12-7-8/h3-4,7,13H,5-6H2,1-2H3. The van der Waals surface area contributed by atoms with Crippen molar-refractivity contribution < 1.29 is 5.11 Å². The Bertz CT molecular complexity index is 263. The SMILES string of the molecule is CC(C)(O)CCc1ccc(I)nc1. The highest BCUT2D eigenvalue weighted by molar-refractivity contribution is 14.1. The predicted molar refractivity (Wildman–Crippen MR) is 61.6 cm³/mol. The Morgan fingerprint density at radius 1 is 1.46 bits per heavy atom. The third-order valence-electron chi connectivity index (χ3n) is 1.81. The van der Waals surface area contributed by atoms with Gasteiger partial charge < -0.3 is 5.11 Å². The Hall–Kier alpha value is -0.160. The molecule has 72 valence electrons. The second kappa shape index (κ2) is 4.37. The third-order valence-corrected chi connectivity index (χ3v) is 2.45. The minimum absolute atomic E-state index is 0.580. The van der Waals surface area contributed by atoms with E-state index in [9.17, 15) is 5.11 Å². The fraction of sp³-hybridized carbons (Fsp3) is 0.500. The van der Waals surface area contributed by atoms with Gasteiger partial charge in [-0.1, -0.05) is 6.07 Å². The van der Waals surface area contributed by atoms with E-state index in [2.05, 4.69) is 33.6 Å². The van der Waals surface area contributed by atoms with Crippen LogP contribution in [0.5, 0.6) is 0 Å². The van der Waals surface area contributed by atoms with E-state index in [-0.39, 0.29) is 0 Å². The molecule has 2 nitrogen and oxygen atoms in total. The van der Waals surface area contributed by atoms with E-state index < -0.39 is 5.60 Å². The average Bonchev–Trinajstić information content (AvgIpc) is 2.02. The van der Waals surface area contributed by atoms with Crippen LogP contribution in [0.25, 0.3) is 0 Å². The van der Waals surface area contributed by atoms with Gasteiger partial charge in [-0.3, -0.25) is 4.98 Å². The van der Waals surface area contributed by atoms with Crippen LogP contribution >= 0.6 is 22.6 Å². The highest BCUT2D eigenvalue weighted by Crippen LogP contribution is 2.12. The molecule has 0 aliphatic heterocycles. The molecule has 0 aromatic carbocycles. The topological polar surface area (TPSA) is 33.1 Å². The van der Waals surface area contributed by atoms with Gasteiger partial charge >= 0.3 is 0 Å². The molecule has 0 bridgehead atoms. The Labute approximate surface area is 92.5 Å². The van der Waals surface area contributed by atoms with Crippen LogP contribution in [0.1, 0.15) is 25.8 Å². The van der Waals surface area contributed by atoms with Crippen molar-refractivity contribution >= 4 is 22.6 Å². The number of hydrogen-bond donors (Lipinski definition) is 1. The number of aryl methyl sites for hydroxylation is 1. The molecule has 0 saturated heterocycles. The summed E-state index contributed by atoms with van der Waals surface area (Å²) in [5.41, 5.74) is 0.603. The fourth-order valence-electron chi connectivity index (χ4n) is 1.00. The number of pyridine rings is 1. The summed E-state index contributed by atoms with van der Waals surface area (Å²) in [7, 11) is 0. The second-order valence-electron chi connectivity index (χ2n) is 3.80. The Balaban J connectivity index is 2.51. The molecule has 13 heavy (non-hydrogen) atoms. The summed E-state index contributed by atoms with van der Waals surface area (Å²) in [5, 5.41) is 9.51. The number of aromatic nitrogens is 1. The van der Waals surface area contributed by atoms with Crippen molar-refractivity contribution in [2.75, 3.05) is 0 Å². The lowest BCUT2D eigenvalue weighted by atomic mass is 10.00. The quantitative estimate of drug-likeness (QED) is 0.685. The van der Waals surface area contributed by atoms with Crippen molar-refractivity contribution in [3.63, 3.8) is 0 Å². The molecular formula is C10H14INO. The van der Waals surface area contributed by atoms with Crippen LogP contribution in [0.4, 0.5) is 0 Å². The molecule has 1 aromatic heterocycles. The Morgan fingerprint density at radius 3 is 2.62 bits per heavy atom. The smallest absolute Gasteiger partial charge is 0.101 e. The fourth-order valence-corrected chi connectivity index (χ4v) is 1.32. The summed E-state index contributed by atoms with van der Waals surface area (Å²) in [6, 6.07) is 4.04. The van der Waals surface area contributed by atoms with Gasteiger partial charge in [0.05, 0.1) is 5.60 Å². The molecule has 0 aliphatic rings. The zero-order chi connectivity index (χ0) is 9.90. The number of aliphatic hydroxyl groups is 1. The Morgan fingerprint density at radius 2 is 2.15 bits per heavy atom. The minimum atomic E-state index is -0.580. The summed E-state index contributed by atoms with van der Waals surface area (Å²) in [6.45, 7) is 3.65. The normalized spacial score (nSPS) is 11.7. The lowest BCUT2D eigenvalue weighted by Crippen LogP contribution is -2.19. The molecule has 0 aliphatic carbocycles. The Kier molecular flexibility index (Phi) is 3.67. The largest absolute Gasteiger partial charge is 0.390 e. The molecule has 0 spiro atoms. The van der Waals surface area contributed by atoms with Crippen LogP contribution in [0.2, 0.25) is 0 Å². The van der Waals surface area contributed by atoms with E-state index in [0.29, 0.717) is 0 Å². The monoisotopic (exact) mass is 291 g/mol. The summed E-state index contributed by atoms with van der Waals surface area (Å²) in [5.74, 6) is 0. The molecule has 0 saturated carbocycles. The van der Waals surface area contributed by atoms with E-state index in [0.717, 1.165) is 16.5 Å². The molecule has 0 unspecified atom stereocenters. The average molecular weight is 291 g/mol. The van der Waals surface area contributed by atoms with E-state index in [1.807, 2.05) is 26.1 Å². The molecular weight excluding hydrogens is 277 g/mol. The van der Waals surface area contributed by atoms with Gasteiger partial charge in [0.15, 0.2) is 0 Å². The van der Waals surface area contributed by atoms with Gasteiger partial charge in [0, 0.05) is 6.20 Å². The molecule has 0 radical (unpaired) electrons. The van der Waals surface area contributed by atoms with Crippen molar-refractivity contribution in [1.82, 2.24) is 4.98 Å². The predicted octanol–water partition coefficient (Wildman–Crippen LogP) is 2.39. The molecule has 1 aromatic rings. The van der Waals surface area contributed by atoms with E-state index in [4.69, 9.17) is 0 Å². The van der Waals surface area contributed by atoms with Crippen LogP contribution in [0, 0.1) is 3.70 Å². The van der Waals surface area contributed by atoms with E-state index in [1.54, 1.807) is 0 Å². The zero-order valence-corrected chi connectivity index (χ0v) is 10.1. The molecule has 1 N–H and O–H groups in total. The van der Waals surface area contributed by atoms with Gasteiger partial charge in [-0.25, -0.2) is 0 Å². The van der Waals surface area contributed by atoms with Crippen molar-refractivity contribution in [1.29, 1.82) is 0 Å². The first-order valence-corrected chi connectivity index (χ1v) is 5.38. The third kappa shape index (κ3) is 4.57. The first-order chi connectivity index (χ1) is 5.97. The maximum absolute atomic E-state index is 9.51. The van der Waals surface area contributed by atoms with Crippen LogP contribution in [-0.2, 0) is 6.42 Å². The first kappa shape index (κ1) is 10.9. The summed E-state index contributed by atoms with van der Waals surface area (Å²) >= 11 is 2.18. The zero-order valence-electron chi connectivity index (χ0n) is 7.92. The van der Waals surface area contributed by atoms with Gasteiger partial charge in [0.2, 0.25) is 0 Å². The van der Waals surface area contributed by atoms with Crippen LogP contribution < -0.4 is 0 Å².